The van der Waals surface area contributed by atoms with Gasteiger partial charge in [0.1, 0.15) is 6.26 Å². The first-order valence-electron chi connectivity index (χ1n) is 8.77. The SMILES string of the molecule is CCOC(=O)CCC(=O)N(Cc1nc(C(=O)NC2CC2)co1)C1CC1. The molecule has 0 unspecified atom stereocenters. The molecule has 0 aromatic carbocycles. The van der Waals surface area contributed by atoms with Gasteiger partial charge >= 0.3 is 5.97 Å². The van der Waals surface area contributed by atoms with Gasteiger partial charge in [-0.15, -0.1) is 0 Å². The number of ether oxygens (including phenoxy) is 1. The number of carbonyl (C=O) groups is 3. The number of hydrogen-bond acceptors (Lipinski definition) is 6. The molecule has 0 spiro atoms. The molecule has 25 heavy (non-hydrogen) atoms. The van der Waals surface area contributed by atoms with Crippen LogP contribution in [0.25, 0.3) is 0 Å². The first kappa shape index (κ1) is 17.4. The van der Waals surface area contributed by atoms with Crippen LogP contribution in [0.5, 0.6) is 0 Å². The molecule has 0 bridgehead atoms. The van der Waals surface area contributed by atoms with Crippen LogP contribution in [0, 0.1) is 0 Å². The molecule has 2 fully saturated rings. The van der Waals surface area contributed by atoms with E-state index in [0.29, 0.717) is 12.5 Å². The van der Waals surface area contributed by atoms with E-state index in [4.69, 9.17) is 9.15 Å². The Morgan fingerprint density at radius 3 is 2.68 bits per heavy atom. The summed E-state index contributed by atoms with van der Waals surface area (Å²) in [5, 5.41) is 2.85. The molecule has 0 radical (unpaired) electrons. The summed E-state index contributed by atoms with van der Waals surface area (Å²) >= 11 is 0. The molecule has 1 aromatic rings. The Balaban J connectivity index is 1.54. The lowest BCUT2D eigenvalue weighted by atomic mass is 10.2. The maximum atomic E-state index is 12.4. The number of aromatic nitrogens is 1. The van der Waals surface area contributed by atoms with E-state index in [1.807, 2.05) is 0 Å². The fraction of sp³-hybridized carbons (Fsp3) is 0.647. The van der Waals surface area contributed by atoms with Gasteiger partial charge < -0.3 is 19.4 Å². The van der Waals surface area contributed by atoms with E-state index in [1.165, 1.54) is 6.26 Å². The molecule has 0 aliphatic heterocycles. The minimum Gasteiger partial charge on any atom is -0.466 e. The van der Waals surface area contributed by atoms with Crippen molar-refractivity contribution in [2.24, 2.45) is 0 Å². The van der Waals surface area contributed by atoms with Crippen molar-refractivity contribution in [3.8, 4) is 0 Å². The zero-order chi connectivity index (χ0) is 17.8. The van der Waals surface area contributed by atoms with E-state index in [1.54, 1.807) is 11.8 Å². The minimum absolute atomic E-state index is 0.0660. The van der Waals surface area contributed by atoms with Gasteiger partial charge in [-0.2, -0.15) is 0 Å². The Morgan fingerprint density at radius 2 is 2.04 bits per heavy atom. The van der Waals surface area contributed by atoms with Crippen LogP contribution in [0.15, 0.2) is 10.7 Å². The van der Waals surface area contributed by atoms with Crippen LogP contribution in [0.1, 0.15) is 61.8 Å². The number of nitrogens with one attached hydrogen (secondary N) is 1. The molecule has 8 nitrogen and oxygen atoms in total. The molecule has 2 aliphatic rings. The van der Waals surface area contributed by atoms with Gasteiger partial charge in [-0.1, -0.05) is 0 Å². The van der Waals surface area contributed by atoms with Crippen LogP contribution in [-0.2, 0) is 20.9 Å². The molecule has 8 heteroatoms. The number of amides is 2. The van der Waals surface area contributed by atoms with E-state index >= 15 is 0 Å². The number of carbonyl (C=O) groups excluding carboxylic acids is 3. The maximum Gasteiger partial charge on any atom is 0.306 e. The summed E-state index contributed by atoms with van der Waals surface area (Å²) in [5.74, 6) is -0.416. The summed E-state index contributed by atoms with van der Waals surface area (Å²) in [4.78, 5) is 41.6. The fourth-order valence-corrected chi connectivity index (χ4v) is 2.51. The molecular formula is C17H23N3O5. The monoisotopic (exact) mass is 349 g/mol. The Morgan fingerprint density at radius 1 is 1.28 bits per heavy atom. The number of oxazole rings is 1. The molecule has 0 atom stereocenters. The molecule has 1 N–H and O–H groups in total. The van der Waals surface area contributed by atoms with E-state index in [0.717, 1.165) is 25.7 Å². The molecule has 136 valence electrons. The first-order chi connectivity index (χ1) is 12.1. The number of nitrogens with zero attached hydrogens (tertiary/aromatic N) is 2. The minimum atomic E-state index is -0.373. The number of hydrogen-bond donors (Lipinski definition) is 1. The highest BCUT2D eigenvalue weighted by molar-refractivity contribution is 5.92. The van der Waals surface area contributed by atoms with Gasteiger partial charge in [-0.25, -0.2) is 4.98 Å². The lowest BCUT2D eigenvalue weighted by Gasteiger charge is -2.20. The predicted octanol–water partition coefficient (Wildman–Crippen LogP) is 1.40. The van der Waals surface area contributed by atoms with Gasteiger partial charge in [0.2, 0.25) is 11.8 Å². The second kappa shape index (κ2) is 7.67. The first-order valence-corrected chi connectivity index (χ1v) is 8.77. The average Bonchev–Trinajstić information content (AvgIpc) is 3.51. The van der Waals surface area contributed by atoms with Gasteiger partial charge in [-0.3, -0.25) is 14.4 Å². The smallest absolute Gasteiger partial charge is 0.306 e. The normalized spacial score (nSPS) is 16.4. The number of rotatable bonds is 9. The highest BCUT2D eigenvalue weighted by atomic mass is 16.5. The Kier molecular flexibility index (Phi) is 5.35. The highest BCUT2D eigenvalue weighted by Crippen LogP contribution is 2.29. The topological polar surface area (TPSA) is 102 Å². The molecule has 1 heterocycles. The standard InChI is InChI=1S/C17H23N3O5/c1-2-24-16(22)8-7-15(21)20(12-5-6-12)9-14-19-13(10-25-14)17(23)18-11-3-4-11/h10-12H,2-9H2,1H3,(H,18,23). The number of esters is 1. The van der Waals surface area contributed by atoms with Crippen molar-refractivity contribution in [1.82, 2.24) is 15.2 Å². The Labute approximate surface area is 145 Å². The van der Waals surface area contributed by atoms with Gasteiger partial charge in [0.25, 0.3) is 5.91 Å². The molecule has 2 aliphatic carbocycles. The lowest BCUT2D eigenvalue weighted by Crippen LogP contribution is -2.33. The third-order valence-electron chi connectivity index (χ3n) is 4.16. The van der Waals surface area contributed by atoms with E-state index < -0.39 is 0 Å². The summed E-state index contributed by atoms with van der Waals surface area (Å²) < 4.78 is 10.2. The van der Waals surface area contributed by atoms with Crippen molar-refractivity contribution in [3.05, 3.63) is 17.8 Å². The van der Waals surface area contributed by atoms with Crippen molar-refractivity contribution in [1.29, 1.82) is 0 Å². The quantitative estimate of drug-likeness (QED) is 0.676. The van der Waals surface area contributed by atoms with E-state index in [9.17, 15) is 14.4 Å². The van der Waals surface area contributed by atoms with Gasteiger partial charge in [-0.05, 0) is 32.6 Å². The second-order valence-corrected chi connectivity index (χ2v) is 6.43. The predicted molar refractivity (Wildman–Crippen MR) is 86.4 cm³/mol. The van der Waals surface area contributed by atoms with Crippen molar-refractivity contribution in [2.75, 3.05) is 6.61 Å². The zero-order valence-corrected chi connectivity index (χ0v) is 14.3. The van der Waals surface area contributed by atoms with Gasteiger partial charge in [0, 0.05) is 18.5 Å². The van der Waals surface area contributed by atoms with Crippen molar-refractivity contribution >= 4 is 17.8 Å². The van der Waals surface area contributed by atoms with Gasteiger partial charge in [0.05, 0.1) is 19.6 Å². The van der Waals surface area contributed by atoms with Crippen LogP contribution < -0.4 is 5.32 Å². The zero-order valence-electron chi connectivity index (χ0n) is 14.3. The summed E-state index contributed by atoms with van der Waals surface area (Å²) in [6.45, 7) is 2.25. The van der Waals surface area contributed by atoms with E-state index in [-0.39, 0.29) is 54.9 Å². The van der Waals surface area contributed by atoms with Crippen LogP contribution in [0.3, 0.4) is 0 Å². The molecule has 0 saturated heterocycles. The molecule has 1 aromatic heterocycles. The Bertz CT molecular complexity index is 648. The van der Waals surface area contributed by atoms with Crippen LogP contribution >= 0.6 is 0 Å². The van der Waals surface area contributed by atoms with Crippen molar-refractivity contribution < 1.29 is 23.5 Å². The second-order valence-electron chi connectivity index (χ2n) is 6.43. The summed E-state index contributed by atoms with van der Waals surface area (Å²) in [7, 11) is 0. The maximum absolute atomic E-state index is 12.4. The summed E-state index contributed by atoms with van der Waals surface area (Å²) in [6.07, 6.45) is 5.35. The molecule has 3 rings (SSSR count). The molecule has 2 saturated carbocycles. The van der Waals surface area contributed by atoms with Crippen LogP contribution in [-0.4, -0.2) is 46.4 Å². The summed E-state index contributed by atoms with van der Waals surface area (Å²) in [5.41, 5.74) is 0.233. The largest absolute Gasteiger partial charge is 0.466 e. The van der Waals surface area contributed by atoms with Crippen molar-refractivity contribution in [2.45, 2.75) is 64.1 Å². The van der Waals surface area contributed by atoms with Crippen molar-refractivity contribution in [3.63, 3.8) is 0 Å². The fourth-order valence-electron chi connectivity index (χ4n) is 2.51. The third kappa shape index (κ3) is 5.04. The average molecular weight is 349 g/mol. The van der Waals surface area contributed by atoms with Gasteiger partial charge in [0.15, 0.2) is 5.69 Å². The van der Waals surface area contributed by atoms with Crippen LogP contribution in [0.4, 0.5) is 0 Å². The molecule has 2 amide bonds. The lowest BCUT2D eigenvalue weighted by molar-refractivity contribution is -0.146. The molecular weight excluding hydrogens is 326 g/mol. The highest BCUT2D eigenvalue weighted by Gasteiger charge is 2.34. The van der Waals surface area contributed by atoms with E-state index in [2.05, 4.69) is 10.3 Å². The Hall–Kier alpha value is -2.38. The van der Waals surface area contributed by atoms with Crippen LogP contribution in [0.2, 0.25) is 0 Å². The third-order valence-corrected chi connectivity index (χ3v) is 4.16. The summed E-state index contributed by atoms with van der Waals surface area (Å²) in [6, 6.07) is 0.408.